The van der Waals surface area contributed by atoms with E-state index in [1.807, 2.05) is 0 Å². The highest BCUT2D eigenvalue weighted by Gasteiger charge is 2.32. The maximum Gasteiger partial charge on any atom is 0.310 e. The molecule has 0 radical (unpaired) electrons. The molecule has 0 aromatic rings. The molecule has 1 aliphatic rings. The monoisotopic (exact) mass is 157 g/mol. The lowest BCUT2D eigenvalue weighted by atomic mass is 10.1. The van der Waals surface area contributed by atoms with Gasteiger partial charge in [0.2, 0.25) is 5.91 Å². The van der Waals surface area contributed by atoms with Gasteiger partial charge in [-0.1, -0.05) is 0 Å². The highest BCUT2D eigenvalue weighted by atomic mass is 16.5. The van der Waals surface area contributed by atoms with E-state index in [0.717, 1.165) is 0 Å². The van der Waals surface area contributed by atoms with Gasteiger partial charge in [-0.2, -0.15) is 0 Å². The molecule has 0 unspecified atom stereocenters. The standard InChI is InChI=1S/C7H11NO3/c1-8-4-5(3-6(8)9)7(10)11-2/h5H,3-4H2,1-2H3/t5-/m0/s1. The van der Waals surface area contributed by atoms with Crippen molar-refractivity contribution in [3.63, 3.8) is 0 Å². The van der Waals surface area contributed by atoms with E-state index >= 15 is 0 Å². The lowest BCUT2D eigenvalue weighted by Crippen LogP contribution is -2.21. The molecule has 1 atom stereocenters. The van der Waals surface area contributed by atoms with Gasteiger partial charge < -0.3 is 9.64 Å². The molecular formula is C7H11NO3. The highest BCUT2D eigenvalue weighted by molar-refractivity contribution is 5.86. The van der Waals surface area contributed by atoms with Gasteiger partial charge in [0.1, 0.15) is 0 Å². The summed E-state index contributed by atoms with van der Waals surface area (Å²) in [7, 11) is 3.02. The van der Waals surface area contributed by atoms with E-state index in [9.17, 15) is 9.59 Å². The summed E-state index contributed by atoms with van der Waals surface area (Å²) in [5, 5.41) is 0. The minimum Gasteiger partial charge on any atom is -0.469 e. The number of amides is 1. The van der Waals surface area contributed by atoms with Crippen molar-refractivity contribution in [2.45, 2.75) is 6.42 Å². The average Bonchev–Trinajstić information content (AvgIpc) is 2.31. The Morgan fingerprint density at radius 2 is 2.36 bits per heavy atom. The lowest BCUT2D eigenvalue weighted by molar-refractivity contribution is -0.145. The summed E-state index contributed by atoms with van der Waals surface area (Å²) < 4.78 is 4.51. The summed E-state index contributed by atoms with van der Waals surface area (Å²) in [4.78, 5) is 23.4. The molecule has 0 N–H and O–H groups in total. The van der Waals surface area contributed by atoms with E-state index < -0.39 is 0 Å². The largest absolute Gasteiger partial charge is 0.469 e. The van der Waals surface area contributed by atoms with Crippen molar-refractivity contribution in [2.24, 2.45) is 5.92 Å². The molecule has 1 saturated heterocycles. The molecule has 1 heterocycles. The van der Waals surface area contributed by atoms with E-state index in [1.165, 1.54) is 7.11 Å². The van der Waals surface area contributed by atoms with E-state index in [1.54, 1.807) is 11.9 Å². The maximum absolute atomic E-state index is 10.9. The molecule has 11 heavy (non-hydrogen) atoms. The summed E-state index contributed by atoms with van der Waals surface area (Å²) in [5.74, 6) is -0.527. The molecular weight excluding hydrogens is 146 g/mol. The third kappa shape index (κ3) is 1.50. The van der Waals surface area contributed by atoms with E-state index in [2.05, 4.69) is 4.74 Å². The number of ether oxygens (including phenoxy) is 1. The van der Waals surface area contributed by atoms with Gasteiger partial charge in [-0.15, -0.1) is 0 Å². The van der Waals surface area contributed by atoms with Gasteiger partial charge in [-0.05, 0) is 0 Å². The fourth-order valence-corrected chi connectivity index (χ4v) is 1.19. The van der Waals surface area contributed by atoms with Crippen LogP contribution in [0.5, 0.6) is 0 Å². The molecule has 1 rings (SSSR count). The molecule has 4 heteroatoms. The SMILES string of the molecule is COC(=O)[C@H]1CC(=O)N(C)C1. The van der Waals surface area contributed by atoms with Crippen molar-refractivity contribution in [1.82, 2.24) is 4.90 Å². The zero-order valence-corrected chi connectivity index (χ0v) is 6.66. The van der Waals surface area contributed by atoms with Gasteiger partial charge in [-0.25, -0.2) is 0 Å². The quantitative estimate of drug-likeness (QED) is 0.488. The second-order valence-electron chi connectivity index (χ2n) is 2.70. The van der Waals surface area contributed by atoms with Crippen LogP contribution in [0.2, 0.25) is 0 Å². The lowest BCUT2D eigenvalue weighted by Gasteiger charge is -2.07. The van der Waals surface area contributed by atoms with Crippen LogP contribution < -0.4 is 0 Å². The average molecular weight is 157 g/mol. The van der Waals surface area contributed by atoms with Crippen LogP contribution in [0.4, 0.5) is 0 Å². The Morgan fingerprint density at radius 3 is 2.73 bits per heavy atom. The number of methoxy groups -OCH3 is 1. The maximum atomic E-state index is 10.9. The first kappa shape index (κ1) is 8.04. The Morgan fingerprint density at radius 1 is 1.73 bits per heavy atom. The van der Waals surface area contributed by atoms with Crippen molar-refractivity contribution < 1.29 is 14.3 Å². The molecule has 1 amide bonds. The van der Waals surface area contributed by atoms with Crippen molar-refractivity contribution >= 4 is 11.9 Å². The smallest absolute Gasteiger partial charge is 0.310 e. The molecule has 0 spiro atoms. The van der Waals surface area contributed by atoms with Gasteiger partial charge in [0.15, 0.2) is 0 Å². The summed E-state index contributed by atoms with van der Waals surface area (Å²) in [6, 6.07) is 0. The predicted molar refractivity (Wildman–Crippen MR) is 37.8 cm³/mol. The van der Waals surface area contributed by atoms with Crippen LogP contribution in [-0.2, 0) is 14.3 Å². The summed E-state index contributed by atoms with van der Waals surface area (Å²) in [5.41, 5.74) is 0. The van der Waals surface area contributed by atoms with Crippen LogP contribution in [0.3, 0.4) is 0 Å². The Labute approximate surface area is 65.1 Å². The van der Waals surface area contributed by atoms with Gasteiger partial charge in [0, 0.05) is 20.0 Å². The fourth-order valence-electron chi connectivity index (χ4n) is 1.19. The van der Waals surface area contributed by atoms with Crippen molar-refractivity contribution in [2.75, 3.05) is 20.7 Å². The van der Waals surface area contributed by atoms with Crippen LogP contribution in [0.15, 0.2) is 0 Å². The third-order valence-corrected chi connectivity index (χ3v) is 1.88. The molecule has 0 bridgehead atoms. The second-order valence-corrected chi connectivity index (χ2v) is 2.70. The fraction of sp³-hybridized carbons (Fsp3) is 0.714. The van der Waals surface area contributed by atoms with Crippen molar-refractivity contribution in [1.29, 1.82) is 0 Å². The number of likely N-dealkylation sites (tertiary alicyclic amines) is 1. The Hall–Kier alpha value is -1.06. The first-order valence-corrected chi connectivity index (χ1v) is 3.47. The Kier molecular flexibility index (Phi) is 2.12. The molecule has 0 aromatic carbocycles. The number of carbonyl (C=O) groups excluding carboxylic acids is 2. The number of nitrogens with zero attached hydrogens (tertiary/aromatic N) is 1. The first-order chi connectivity index (χ1) is 5.15. The molecule has 0 aromatic heterocycles. The van der Waals surface area contributed by atoms with Crippen LogP contribution in [0, 0.1) is 5.92 Å². The van der Waals surface area contributed by atoms with E-state index in [0.29, 0.717) is 13.0 Å². The second kappa shape index (κ2) is 2.90. The summed E-state index contributed by atoms with van der Waals surface area (Å²) >= 11 is 0. The van der Waals surface area contributed by atoms with Crippen molar-refractivity contribution in [3.8, 4) is 0 Å². The molecule has 1 aliphatic heterocycles. The van der Waals surface area contributed by atoms with Crippen LogP contribution >= 0.6 is 0 Å². The van der Waals surface area contributed by atoms with Crippen LogP contribution in [0.1, 0.15) is 6.42 Å². The summed E-state index contributed by atoms with van der Waals surface area (Å²) in [6.07, 6.45) is 0.295. The number of carbonyl (C=O) groups is 2. The number of hydrogen-bond acceptors (Lipinski definition) is 3. The zero-order valence-electron chi connectivity index (χ0n) is 6.66. The molecule has 4 nitrogen and oxygen atoms in total. The third-order valence-electron chi connectivity index (χ3n) is 1.88. The molecule has 0 aliphatic carbocycles. The number of esters is 1. The van der Waals surface area contributed by atoms with Crippen LogP contribution in [0.25, 0.3) is 0 Å². The predicted octanol–water partition coefficient (Wildman–Crippen LogP) is -0.362. The van der Waals surface area contributed by atoms with Crippen LogP contribution in [-0.4, -0.2) is 37.5 Å². The topological polar surface area (TPSA) is 46.6 Å². The van der Waals surface area contributed by atoms with Gasteiger partial charge in [-0.3, -0.25) is 9.59 Å². The molecule has 1 fully saturated rings. The Bertz CT molecular complexity index is 190. The van der Waals surface area contributed by atoms with E-state index in [-0.39, 0.29) is 17.8 Å². The number of rotatable bonds is 1. The zero-order chi connectivity index (χ0) is 8.43. The highest BCUT2D eigenvalue weighted by Crippen LogP contribution is 2.16. The van der Waals surface area contributed by atoms with Gasteiger partial charge in [0.25, 0.3) is 0 Å². The Balaban J connectivity index is 2.53. The normalized spacial score (nSPS) is 24.0. The number of hydrogen-bond donors (Lipinski definition) is 0. The minimum atomic E-state index is -0.289. The summed E-state index contributed by atoms with van der Waals surface area (Å²) in [6.45, 7) is 0.492. The van der Waals surface area contributed by atoms with Gasteiger partial charge >= 0.3 is 5.97 Å². The van der Waals surface area contributed by atoms with Crippen molar-refractivity contribution in [3.05, 3.63) is 0 Å². The minimum absolute atomic E-state index is 0.0143. The molecule has 0 saturated carbocycles. The first-order valence-electron chi connectivity index (χ1n) is 3.47. The molecule has 62 valence electrons. The van der Waals surface area contributed by atoms with E-state index in [4.69, 9.17) is 0 Å². The van der Waals surface area contributed by atoms with Gasteiger partial charge in [0.05, 0.1) is 13.0 Å².